The molecule has 2 heterocycles. The van der Waals surface area contributed by atoms with E-state index in [2.05, 4.69) is 11.8 Å². The van der Waals surface area contributed by atoms with Crippen molar-refractivity contribution in [2.24, 2.45) is 0 Å². The van der Waals surface area contributed by atoms with Gasteiger partial charge >= 0.3 is 0 Å². The van der Waals surface area contributed by atoms with Crippen LogP contribution < -0.4 is 9.47 Å². The van der Waals surface area contributed by atoms with E-state index in [0.717, 1.165) is 55.8 Å². The van der Waals surface area contributed by atoms with Crippen LogP contribution in [0.1, 0.15) is 43.9 Å². The summed E-state index contributed by atoms with van der Waals surface area (Å²) in [4.78, 5) is 2.28. The van der Waals surface area contributed by atoms with Crippen LogP contribution in [0.3, 0.4) is 0 Å². The van der Waals surface area contributed by atoms with E-state index in [4.69, 9.17) is 19.3 Å². The van der Waals surface area contributed by atoms with Gasteiger partial charge in [0.25, 0.3) is 0 Å². The highest BCUT2D eigenvalue weighted by molar-refractivity contribution is 5.47. The molecule has 35 heavy (non-hydrogen) atoms. The zero-order valence-electron chi connectivity index (χ0n) is 21.0. The summed E-state index contributed by atoms with van der Waals surface area (Å²) in [5.41, 5.74) is 2.80. The molecule has 4 rings (SSSR count). The van der Waals surface area contributed by atoms with Crippen molar-refractivity contribution >= 4 is 0 Å². The molecule has 2 aromatic carbocycles. The molecule has 1 aromatic heterocycles. The Morgan fingerprint density at radius 1 is 1.14 bits per heavy atom. The lowest BCUT2D eigenvalue weighted by Crippen LogP contribution is -2.37. The zero-order chi connectivity index (χ0) is 24.6. The molecule has 2 atom stereocenters. The Balaban J connectivity index is 1.70. The number of aromatic nitrogens is 2. The van der Waals surface area contributed by atoms with Gasteiger partial charge in [-0.25, -0.2) is 4.68 Å². The summed E-state index contributed by atoms with van der Waals surface area (Å²) in [6.07, 6.45) is 3.66. The number of hydrogen-bond donors (Lipinski definition) is 1. The average molecular weight is 480 g/mol. The largest absolute Gasteiger partial charge is 0.493 e. The minimum absolute atomic E-state index is 0.187. The number of aryl methyl sites for hydroxylation is 1. The molecule has 1 fully saturated rings. The second-order valence-corrected chi connectivity index (χ2v) is 9.14. The van der Waals surface area contributed by atoms with Crippen molar-refractivity contribution in [3.63, 3.8) is 0 Å². The predicted octanol–water partition coefficient (Wildman–Crippen LogP) is 5.12. The van der Waals surface area contributed by atoms with Gasteiger partial charge in [-0.1, -0.05) is 43.7 Å². The van der Waals surface area contributed by atoms with Crippen LogP contribution in [0.5, 0.6) is 17.4 Å². The quantitative estimate of drug-likeness (QED) is 0.389. The molecule has 2 unspecified atom stereocenters. The van der Waals surface area contributed by atoms with Crippen molar-refractivity contribution in [1.82, 2.24) is 14.7 Å². The van der Waals surface area contributed by atoms with Crippen LogP contribution in [-0.2, 0) is 11.3 Å². The van der Waals surface area contributed by atoms with Gasteiger partial charge in [0.15, 0.2) is 11.5 Å². The lowest BCUT2D eigenvalue weighted by atomic mass is 10.1. The van der Waals surface area contributed by atoms with E-state index < -0.39 is 0 Å². The molecule has 188 valence electrons. The van der Waals surface area contributed by atoms with Crippen LogP contribution >= 0.6 is 0 Å². The zero-order valence-corrected chi connectivity index (χ0v) is 21.0. The number of benzene rings is 2. The minimum Gasteiger partial charge on any atom is -0.493 e. The van der Waals surface area contributed by atoms with Crippen LogP contribution in [-0.4, -0.2) is 58.8 Å². The maximum absolute atomic E-state index is 10.6. The lowest BCUT2D eigenvalue weighted by molar-refractivity contribution is 0.0437. The smallest absolute Gasteiger partial charge is 0.227 e. The first-order chi connectivity index (χ1) is 17.1. The van der Waals surface area contributed by atoms with Gasteiger partial charge < -0.3 is 19.3 Å². The molecule has 7 nitrogen and oxygen atoms in total. The van der Waals surface area contributed by atoms with Gasteiger partial charge in [0.05, 0.1) is 36.3 Å². The predicted molar refractivity (Wildman–Crippen MR) is 137 cm³/mol. The Bertz CT molecular complexity index is 1060. The summed E-state index contributed by atoms with van der Waals surface area (Å²) in [6, 6.07) is 17.6. The molecule has 1 N–H and O–H groups in total. The van der Waals surface area contributed by atoms with Gasteiger partial charge in [-0.3, -0.25) is 4.90 Å². The Labute approximate surface area is 208 Å². The Morgan fingerprint density at radius 3 is 2.57 bits per heavy atom. The monoisotopic (exact) mass is 479 g/mol. The summed E-state index contributed by atoms with van der Waals surface area (Å²) in [5, 5.41) is 15.5. The lowest BCUT2D eigenvalue weighted by Gasteiger charge is -2.27. The van der Waals surface area contributed by atoms with Gasteiger partial charge in [-0.2, -0.15) is 5.10 Å². The number of ether oxygens (including phenoxy) is 3. The number of aliphatic hydroxyl groups excluding tert-OH is 1. The van der Waals surface area contributed by atoms with Crippen LogP contribution in [0.4, 0.5) is 0 Å². The third kappa shape index (κ3) is 6.42. The topological polar surface area (TPSA) is 69.0 Å². The standard InChI is InChI=1S/C28H37N3O4/c1-4-11-23(32)18-30(19-24-14-10-17-34-24)20-25-21(2)29-31(22-12-6-5-7-13-22)28(25)35-27-16-9-8-15-26(27)33-3/h5-9,12-13,15-16,23-24,32H,4,10-11,14,17-20H2,1-3H3. The highest BCUT2D eigenvalue weighted by Gasteiger charge is 2.26. The number of nitrogens with zero attached hydrogens (tertiary/aromatic N) is 3. The molecule has 3 aromatic rings. The molecule has 1 aliphatic rings. The molecule has 0 aliphatic carbocycles. The van der Waals surface area contributed by atoms with Gasteiger partial charge in [0, 0.05) is 26.2 Å². The molecule has 0 spiro atoms. The second kappa shape index (κ2) is 12.2. The average Bonchev–Trinajstić information content (AvgIpc) is 3.48. The fraction of sp³-hybridized carbons (Fsp3) is 0.464. The molecule has 0 saturated carbocycles. The van der Waals surface area contributed by atoms with E-state index in [9.17, 15) is 5.11 Å². The molecule has 0 amide bonds. The van der Waals surface area contributed by atoms with E-state index >= 15 is 0 Å². The SMILES string of the molecule is CCCC(O)CN(Cc1c(C)nn(-c2ccccc2)c1Oc1ccccc1OC)CC1CCCO1. The number of hydrogen-bond acceptors (Lipinski definition) is 6. The van der Waals surface area contributed by atoms with Gasteiger partial charge in [-0.05, 0) is 50.5 Å². The van der Waals surface area contributed by atoms with E-state index in [1.165, 1.54) is 0 Å². The molecular formula is C28H37N3O4. The Morgan fingerprint density at radius 2 is 1.89 bits per heavy atom. The maximum atomic E-state index is 10.6. The fourth-order valence-corrected chi connectivity index (χ4v) is 4.60. The molecular weight excluding hydrogens is 442 g/mol. The van der Waals surface area contributed by atoms with Crippen molar-refractivity contribution in [2.75, 3.05) is 26.8 Å². The third-order valence-electron chi connectivity index (χ3n) is 6.37. The molecule has 7 heteroatoms. The first kappa shape index (κ1) is 25.2. The van der Waals surface area contributed by atoms with Crippen molar-refractivity contribution in [3.05, 3.63) is 65.9 Å². The summed E-state index contributed by atoms with van der Waals surface area (Å²) in [7, 11) is 1.64. The molecule has 1 aliphatic heterocycles. The van der Waals surface area contributed by atoms with Crippen molar-refractivity contribution in [2.45, 2.75) is 58.3 Å². The molecule has 1 saturated heterocycles. The Hall–Kier alpha value is -2.87. The number of para-hydroxylation sites is 3. The first-order valence-corrected chi connectivity index (χ1v) is 12.6. The highest BCUT2D eigenvalue weighted by Crippen LogP contribution is 2.36. The number of rotatable bonds is 12. The third-order valence-corrected chi connectivity index (χ3v) is 6.37. The summed E-state index contributed by atoms with van der Waals surface area (Å²) in [5.74, 6) is 1.94. The minimum atomic E-state index is -0.385. The first-order valence-electron chi connectivity index (χ1n) is 12.6. The summed E-state index contributed by atoms with van der Waals surface area (Å²) >= 11 is 0. The van der Waals surface area contributed by atoms with Gasteiger partial charge in [0.1, 0.15) is 0 Å². The molecule has 0 radical (unpaired) electrons. The Kier molecular flexibility index (Phi) is 8.79. The maximum Gasteiger partial charge on any atom is 0.227 e. The van der Waals surface area contributed by atoms with E-state index in [0.29, 0.717) is 30.5 Å². The van der Waals surface area contributed by atoms with E-state index in [1.807, 2.05) is 66.2 Å². The second-order valence-electron chi connectivity index (χ2n) is 9.14. The molecule has 0 bridgehead atoms. The van der Waals surface area contributed by atoms with Crippen LogP contribution in [0.2, 0.25) is 0 Å². The van der Waals surface area contributed by atoms with E-state index in [1.54, 1.807) is 7.11 Å². The number of methoxy groups -OCH3 is 1. The normalized spacial score (nSPS) is 16.5. The van der Waals surface area contributed by atoms with Crippen LogP contribution in [0.15, 0.2) is 54.6 Å². The summed E-state index contributed by atoms with van der Waals surface area (Å²) < 4.78 is 19.8. The van der Waals surface area contributed by atoms with Gasteiger partial charge in [0.2, 0.25) is 5.88 Å². The highest BCUT2D eigenvalue weighted by atomic mass is 16.5. The van der Waals surface area contributed by atoms with Crippen molar-refractivity contribution < 1.29 is 19.3 Å². The van der Waals surface area contributed by atoms with Crippen molar-refractivity contribution in [3.8, 4) is 23.1 Å². The number of aliphatic hydroxyl groups is 1. The fourth-order valence-electron chi connectivity index (χ4n) is 4.60. The van der Waals surface area contributed by atoms with Crippen LogP contribution in [0.25, 0.3) is 5.69 Å². The van der Waals surface area contributed by atoms with Crippen molar-refractivity contribution in [1.29, 1.82) is 0 Å². The van der Waals surface area contributed by atoms with E-state index in [-0.39, 0.29) is 12.2 Å². The summed E-state index contributed by atoms with van der Waals surface area (Å²) in [6.45, 7) is 6.87. The van der Waals surface area contributed by atoms with Crippen LogP contribution in [0, 0.1) is 6.92 Å². The van der Waals surface area contributed by atoms with Gasteiger partial charge in [-0.15, -0.1) is 0 Å².